The highest BCUT2D eigenvalue weighted by Crippen LogP contribution is 2.33. The smallest absolute Gasteiger partial charge is 0.281 e. The summed E-state index contributed by atoms with van der Waals surface area (Å²) in [5.74, 6) is 0.887. The molecule has 0 saturated carbocycles. The van der Waals surface area contributed by atoms with Gasteiger partial charge in [0.25, 0.3) is 5.69 Å². The topological polar surface area (TPSA) is 86.5 Å². The summed E-state index contributed by atoms with van der Waals surface area (Å²) in [7, 11) is 0. The van der Waals surface area contributed by atoms with Crippen LogP contribution in [0, 0.1) is 21.4 Å². The van der Waals surface area contributed by atoms with E-state index in [-0.39, 0.29) is 5.69 Å². The molecule has 0 unspecified atom stereocenters. The Labute approximate surface area is 166 Å². The number of rotatable bonds is 5. The number of nitriles is 1. The SMILES string of the molecule is N#CCCN1CCN(C(=S)c2ccc(-c3ccc(Cl)cc3[N+](=O)[O-])o2)CC1. The Hall–Kier alpha value is -2.47. The van der Waals surface area contributed by atoms with E-state index in [1.165, 1.54) is 6.07 Å². The molecule has 1 aliphatic rings. The number of furan rings is 1. The van der Waals surface area contributed by atoms with Gasteiger partial charge in [-0.2, -0.15) is 5.26 Å². The first-order valence-corrected chi connectivity index (χ1v) is 9.21. The van der Waals surface area contributed by atoms with Gasteiger partial charge in [0.2, 0.25) is 0 Å². The summed E-state index contributed by atoms with van der Waals surface area (Å²) in [5.41, 5.74) is 0.250. The Bertz CT molecular complexity index is 900. The van der Waals surface area contributed by atoms with Gasteiger partial charge in [0.15, 0.2) is 5.76 Å². The van der Waals surface area contributed by atoms with E-state index in [0.29, 0.717) is 33.5 Å². The molecule has 0 N–H and O–H groups in total. The molecule has 1 fully saturated rings. The maximum Gasteiger partial charge on any atom is 0.281 e. The average Bonchev–Trinajstić information content (AvgIpc) is 3.16. The summed E-state index contributed by atoms with van der Waals surface area (Å²) in [6.07, 6.45) is 0.520. The Morgan fingerprint density at radius 1 is 1.30 bits per heavy atom. The zero-order valence-electron chi connectivity index (χ0n) is 14.4. The van der Waals surface area contributed by atoms with Crippen LogP contribution >= 0.6 is 23.8 Å². The van der Waals surface area contributed by atoms with Crippen LogP contribution in [0.2, 0.25) is 5.02 Å². The Morgan fingerprint density at radius 3 is 2.70 bits per heavy atom. The van der Waals surface area contributed by atoms with Gasteiger partial charge in [-0.1, -0.05) is 23.8 Å². The molecule has 1 aliphatic heterocycles. The summed E-state index contributed by atoms with van der Waals surface area (Å²) in [6, 6.07) is 10.0. The third-order valence-electron chi connectivity index (χ3n) is 4.44. The maximum atomic E-state index is 11.3. The standard InChI is InChI=1S/C18H17ClN4O3S/c19-13-2-3-14(15(12-13)23(24)25)16-4-5-17(26-16)18(27)22-10-8-21(9-11-22)7-1-6-20/h2-5,12H,1,7-11H2. The molecule has 1 aromatic carbocycles. The van der Waals surface area contributed by atoms with E-state index < -0.39 is 4.92 Å². The second kappa shape index (κ2) is 8.48. The number of hydrogen-bond donors (Lipinski definition) is 0. The molecular weight excluding hydrogens is 388 g/mol. The Kier molecular flexibility index (Phi) is 6.06. The van der Waals surface area contributed by atoms with Crippen LogP contribution in [0.3, 0.4) is 0 Å². The zero-order valence-corrected chi connectivity index (χ0v) is 16.0. The second-order valence-corrected chi connectivity index (χ2v) is 6.95. The molecule has 27 heavy (non-hydrogen) atoms. The van der Waals surface area contributed by atoms with E-state index in [4.69, 9.17) is 33.5 Å². The van der Waals surface area contributed by atoms with Gasteiger partial charge in [-0.15, -0.1) is 0 Å². The quantitative estimate of drug-likeness (QED) is 0.426. The van der Waals surface area contributed by atoms with Crippen LogP contribution in [0.15, 0.2) is 34.7 Å². The van der Waals surface area contributed by atoms with Gasteiger partial charge >= 0.3 is 0 Å². The number of thiocarbonyl (C=S) groups is 1. The van der Waals surface area contributed by atoms with Crippen LogP contribution in [-0.4, -0.2) is 52.4 Å². The first-order valence-electron chi connectivity index (χ1n) is 8.42. The summed E-state index contributed by atoms with van der Waals surface area (Å²) in [4.78, 5) is 15.7. The fourth-order valence-electron chi connectivity index (χ4n) is 3.00. The van der Waals surface area contributed by atoms with Gasteiger partial charge in [-0.05, 0) is 24.3 Å². The number of nitro groups is 1. The first-order chi connectivity index (χ1) is 13.0. The van der Waals surface area contributed by atoms with Crippen molar-refractivity contribution in [3.63, 3.8) is 0 Å². The fourth-order valence-corrected chi connectivity index (χ4v) is 3.46. The Balaban J connectivity index is 1.73. The molecule has 0 spiro atoms. The van der Waals surface area contributed by atoms with Crippen LogP contribution in [0.5, 0.6) is 0 Å². The van der Waals surface area contributed by atoms with E-state index in [0.717, 1.165) is 32.7 Å². The molecule has 0 aliphatic carbocycles. The summed E-state index contributed by atoms with van der Waals surface area (Å²) < 4.78 is 5.82. The Morgan fingerprint density at radius 2 is 2.04 bits per heavy atom. The fraction of sp³-hybridized carbons (Fsp3) is 0.333. The normalized spacial score (nSPS) is 14.7. The minimum atomic E-state index is -0.484. The van der Waals surface area contributed by atoms with Crippen molar-refractivity contribution < 1.29 is 9.34 Å². The molecule has 2 aromatic rings. The van der Waals surface area contributed by atoms with Crippen molar-refractivity contribution in [1.82, 2.24) is 9.80 Å². The lowest BCUT2D eigenvalue weighted by Crippen LogP contribution is -2.48. The molecule has 0 radical (unpaired) electrons. The monoisotopic (exact) mass is 404 g/mol. The van der Waals surface area contributed by atoms with Crippen LogP contribution in [0.4, 0.5) is 5.69 Å². The molecule has 0 bridgehead atoms. The number of nitro benzene ring substituents is 1. The van der Waals surface area contributed by atoms with Crippen molar-refractivity contribution in [1.29, 1.82) is 5.26 Å². The van der Waals surface area contributed by atoms with Gasteiger partial charge in [0.1, 0.15) is 10.7 Å². The molecule has 0 amide bonds. The third kappa shape index (κ3) is 4.45. The molecule has 7 nitrogen and oxygen atoms in total. The minimum absolute atomic E-state index is 0.111. The molecule has 3 rings (SSSR count). The van der Waals surface area contributed by atoms with Crippen LogP contribution in [0.25, 0.3) is 11.3 Å². The molecule has 1 aromatic heterocycles. The van der Waals surface area contributed by atoms with Crippen molar-refractivity contribution in [2.45, 2.75) is 6.42 Å². The predicted octanol–water partition coefficient (Wildman–Crippen LogP) is 3.71. The zero-order chi connectivity index (χ0) is 19.4. The molecule has 9 heteroatoms. The van der Waals surface area contributed by atoms with Crippen LogP contribution in [-0.2, 0) is 0 Å². The van der Waals surface area contributed by atoms with Crippen LogP contribution in [0.1, 0.15) is 12.2 Å². The number of hydrogen-bond acceptors (Lipinski definition) is 6. The first kappa shape index (κ1) is 19.3. The highest BCUT2D eigenvalue weighted by molar-refractivity contribution is 7.80. The van der Waals surface area contributed by atoms with E-state index in [2.05, 4.69) is 15.9 Å². The third-order valence-corrected chi connectivity index (χ3v) is 5.13. The minimum Gasteiger partial charge on any atom is -0.453 e. The lowest BCUT2D eigenvalue weighted by atomic mass is 10.1. The van der Waals surface area contributed by atoms with E-state index in [1.807, 2.05) is 0 Å². The van der Waals surface area contributed by atoms with Gasteiger partial charge in [-0.3, -0.25) is 15.0 Å². The lowest BCUT2D eigenvalue weighted by molar-refractivity contribution is -0.384. The predicted molar refractivity (Wildman–Crippen MR) is 106 cm³/mol. The summed E-state index contributed by atoms with van der Waals surface area (Å²) in [5, 5.41) is 20.3. The summed E-state index contributed by atoms with van der Waals surface area (Å²) in [6.45, 7) is 3.93. The van der Waals surface area contributed by atoms with Crippen LogP contribution < -0.4 is 0 Å². The highest BCUT2D eigenvalue weighted by Gasteiger charge is 2.23. The number of halogens is 1. The second-order valence-electron chi connectivity index (χ2n) is 6.12. The number of nitrogens with zero attached hydrogens (tertiary/aromatic N) is 4. The molecule has 2 heterocycles. The van der Waals surface area contributed by atoms with Crippen molar-refractivity contribution in [2.24, 2.45) is 0 Å². The molecule has 0 atom stereocenters. The van der Waals surface area contributed by atoms with Crippen molar-refractivity contribution >= 4 is 34.5 Å². The average molecular weight is 405 g/mol. The van der Waals surface area contributed by atoms with E-state index in [9.17, 15) is 10.1 Å². The van der Waals surface area contributed by atoms with Gasteiger partial charge in [0, 0.05) is 50.2 Å². The number of benzene rings is 1. The highest BCUT2D eigenvalue weighted by atomic mass is 35.5. The molecule has 1 saturated heterocycles. The maximum absolute atomic E-state index is 11.3. The summed E-state index contributed by atoms with van der Waals surface area (Å²) >= 11 is 11.4. The van der Waals surface area contributed by atoms with E-state index in [1.54, 1.807) is 24.3 Å². The molecular formula is C18H17ClN4O3S. The van der Waals surface area contributed by atoms with Gasteiger partial charge < -0.3 is 9.32 Å². The molecule has 140 valence electrons. The van der Waals surface area contributed by atoms with Crippen molar-refractivity contribution in [2.75, 3.05) is 32.7 Å². The number of piperazine rings is 1. The van der Waals surface area contributed by atoms with E-state index >= 15 is 0 Å². The van der Waals surface area contributed by atoms with Gasteiger partial charge in [-0.25, -0.2) is 0 Å². The van der Waals surface area contributed by atoms with Gasteiger partial charge in [0.05, 0.1) is 16.6 Å². The lowest BCUT2D eigenvalue weighted by Gasteiger charge is -2.35. The largest absolute Gasteiger partial charge is 0.453 e. The van der Waals surface area contributed by atoms with Crippen molar-refractivity contribution in [3.05, 3.63) is 51.2 Å². The van der Waals surface area contributed by atoms with Crippen molar-refractivity contribution in [3.8, 4) is 17.4 Å².